The maximum Gasteiger partial charge on any atom is 0.408 e. The van der Waals surface area contributed by atoms with E-state index in [1.54, 1.807) is 58.0 Å². The van der Waals surface area contributed by atoms with Crippen molar-refractivity contribution in [1.82, 2.24) is 5.32 Å². The molecule has 0 aliphatic rings. The van der Waals surface area contributed by atoms with E-state index in [4.69, 9.17) is 4.74 Å². The molecule has 7 nitrogen and oxygen atoms in total. The molecule has 0 heterocycles. The number of ketones is 1. The van der Waals surface area contributed by atoms with Gasteiger partial charge in [0.05, 0.1) is 0 Å². The summed E-state index contributed by atoms with van der Waals surface area (Å²) in [7, 11) is 0. The molecule has 142 valence electrons. The van der Waals surface area contributed by atoms with Crippen molar-refractivity contribution in [1.29, 1.82) is 0 Å². The summed E-state index contributed by atoms with van der Waals surface area (Å²) in [5, 5.41) is 13.0. The zero-order chi connectivity index (χ0) is 19.9. The topological polar surface area (TPSA) is 112 Å². The molecule has 3 atom stereocenters. The average molecular weight is 361 g/mol. The molecule has 0 aromatic heterocycles. The number of ether oxygens (including phenoxy) is 1. The molecule has 26 heavy (non-hydrogen) atoms. The second-order valence-electron chi connectivity index (χ2n) is 7.17. The van der Waals surface area contributed by atoms with Gasteiger partial charge in [0.2, 0.25) is 0 Å². The van der Waals surface area contributed by atoms with E-state index in [2.05, 4.69) is 10.1 Å². The molecule has 1 rings (SSSR count). The molecule has 0 fully saturated rings. The summed E-state index contributed by atoms with van der Waals surface area (Å²) in [6, 6.07) is 7.40. The lowest BCUT2D eigenvalue weighted by molar-refractivity contribution is -0.122. The van der Waals surface area contributed by atoms with Crippen LogP contribution < -0.4 is 5.32 Å². The number of hydrogen-bond acceptors (Lipinski definition) is 4. The number of nitrogens with zero attached hydrogens (tertiary/aromatic N) is 2. The third kappa shape index (κ3) is 6.10. The molecule has 1 aromatic rings. The molecule has 0 bridgehead atoms. The zero-order valence-electron chi connectivity index (χ0n) is 15.9. The largest absolute Gasteiger partial charge is 0.444 e. The summed E-state index contributed by atoms with van der Waals surface area (Å²) >= 11 is 0. The van der Waals surface area contributed by atoms with Crippen LogP contribution in [-0.2, 0) is 9.53 Å². The number of carbonyl (C=O) groups is 2. The Morgan fingerprint density at radius 1 is 1.27 bits per heavy atom. The van der Waals surface area contributed by atoms with Crippen molar-refractivity contribution in [2.45, 2.75) is 58.8 Å². The molecular formula is C19H27N3O4. The molecule has 1 unspecified atom stereocenters. The van der Waals surface area contributed by atoms with Crippen molar-refractivity contribution in [3.8, 4) is 0 Å². The van der Waals surface area contributed by atoms with E-state index < -0.39 is 35.3 Å². The van der Waals surface area contributed by atoms with Crippen LogP contribution in [0.25, 0.3) is 5.53 Å². The van der Waals surface area contributed by atoms with Crippen molar-refractivity contribution in [3.05, 3.63) is 41.4 Å². The van der Waals surface area contributed by atoms with Crippen LogP contribution in [0, 0.1) is 5.92 Å². The summed E-state index contributed by atoms with van der Waals surface area (Å²) in [5.41, 5.74) is 8.58. The molecule has 0 saturated heterocycles. The van der Waals surface area contributed by atoms with Crippen LogP contribution in [-0.4, -0.2) is 39.1 Å². The van der Waals surface area contributed by atoms with Gasteiger partial charge in [-0.1, -0.05) is 50.6 Å². The Bertz CT molecular complexity index is 676. The first kappa shape index (κ1) is 21.5. The Hall–Kier alpha value is -2.50. The zero-order valence-corrected chi connectivity index (χ0v) is 15.9. The number of nitrogens with one attached hydrogen (secondary N) is 1. The molecule has 1 aromatic carbocycles. The van der Waals surface area contributed by atoms with E-state index >= 15 is 0 Å². The van der Waals surface area contributed by atoms with Crippen LogP contribution in [0.15, 0.2) is 30.3 Å². The minimum absolute atomic E-state index is 0.255. The van der Waals surface area contributed by atoms with Gasteiger partial charge in [-0.2, -0.15) is 4.79 Å². The summed E-state index contributed by atoms with van der Waals surface area (Å²) < 4.78 is 5.20. The average Bonchev–Trinajstić information content (AvgIpc) is 2.58. The minimum atomic E-state index is -1.40. The first-order chi connectivity index (χ1) is 12.1. The summed E-state index contributed by atoms with van der Waals surface area (Å²) in [6.45, 7) is 8.79. The number of benzene rings is 1. The molecule has 0 radical (unpaired) electrons. The van der Waals surface area contributed by atoms with Crippen molar-refractivity contribution in [2.75, 3.05) is 0 Å². The normalized spacial score (nSPS) is 14.5. The number of hydrogen-bond donors (Lipinski definition) is 2. The fourth-order valence-electron chi connectivity index (χ4n) is 2.33. The van der Waals surface area contributed by atoms with Gasteiger partial charge in [0.25, 0.3) is 5.78 Å². The van der Waals surface area contributed by atoms with E-state index in [0.29, 0.717) is 12.0 Å². The van der Waals surface area contributed by atoms with Crippen LogP contribution in [0.3, 0.4) is 0 Å². The van der Waals surface area contributed by atoms with Crippen molar-refractivity contribution >= 4 is 17.6 Å². The number of rotatable bonds is 7. The SMILES string of the molecule is CC[C@H](C)[C@H](NC(=O)OC(C)(C)C)C(=O)C(=[N+]=[N-])C(O)c1ccccc1. The number of alkyl carbamates (subject to hydrolysis) is 1. The van der Waals surface area contributed by atoms with Gasteiger partial charge in [0.15, 0.2) is 6.10 Å². The predicted molar refractivity (Wildman–Crippen MR) is 97.6 cm³/mol. The van der Waals surface area contributed by atoms with Gasteiger partial charge in [0.1, 0.15) is 11.6 Å². The molecule has 2 N–H and O–H groups in total. The number of amides is 1. The van der Waals surface area contributed by atoms with Gasteiger partial charge in [-0.15, -0.1) is 0 Å². The van der Waals surface area contributed by atoms with E-state index in [9.17, 15) is 20.2 Å². The number of aliphatic hydroxyl groups is 1. The second-order valence-corrected chi connectivity index (χ2v) is 7.17. The van der Waals surface area contributed by atoms with Gasteiger partial charge in [-0.05, 0) is 32.3 Å². The van der Waals surface area contributed by atoms with Gasteiger partial charge in [-0.3, -0.25) is 4.79 Å². The fourth-order valence-corrected chi connectivity index (χ4v) is 2.33. The molecule has 7 heteroatoms. The van der Waals surface area contributed by atoms with Crippen molar-refractivity contribution in [2.24, 2.45) is 5.92 Å². The Balaban J connectivity index is 3.07. The lowest BCUT2D eigenvalue weighted by Gasteiger charge is -2.25. The highest BCUT2D eigenvalue weighted by molar-refractivity contribution is 6.41. The quantitative estimate of drug-likeness (QED) is 0.442. The van der Waals surface area contributed by atoms with E-state index in [1.807, 2.05) is 6.92 Å². The smallest absolute Gasteiger partial charge is 0.408 e. The summed E-state index contributed by atoms with van der Waals surface area (Å²) in [6.07, 6.45) is -1.56. The Morgan fingerprint density at radius 2 is 1.85 bits per heavy atom. The molecule has 1 amide bonds. The number of Topliss-reactive ketones (excluding diaryl/α,β-unsaturated/α-hetero) is 1. The molecule has 0 aliphatic heterocycles. The van der Waals surface area contributed by atoms with E-state index in [-0.39, 0.29) is 5.92 Å². The summed E-state index contributed by atoms with van der Waals surface area (Å²) in [5.74, 6) is -0.918. The maximum absolute atomic E-state index is 12.9. The van der Waals surface area contributed by atoms with Crippen LogP contribution in [0.2, 0.25) is 0 Å². The number of carbonyl (C=O) groups excluding carboxylic acids is 2. The van der Waals surface area contributed by atoms with Crippen LogP contribution in [0.1, 0.15) is 52.7 Å². The second kappa shape index (κ2) is 9.27. The van der Waals surface area contributed by atoms with Gasteiger partial charge in [0, 0.05) is 0 Å². The lowest BCUT2D eigenvalue weighted by Crippen LogP contribution is -2.50. The molecular weight excluding hydrogens is 334 g/mol. The van der Waals surface area contributed by atoms with E-state index in [0.717, 1.165) is 0 Å². The van der Waals surface area contributed by atoms with Gasteiger partial charge in [-0.25, -0.2) is 4.79 Å². The number of aliphatic hydroxyl groups excluding tert-OH is 1. The van der Waals surface area contributed by atoms with Gasteiger partial charge >= 0.3 is 11.8 Å². The molecule has 0 saturated carbocycles. The van der Waals surface area contributed by atoms with Gasteiger partial charge < -0.3 is 20.7 Å². The van der Waals surface area contributed by atoms with Crippen molar-refractivity contribution in [3.63, 3.8) is 0 Å². The first-order valence-corrected chi connectivity index (χ1v) is 8.59. The first-order valence-electron chi connectivity index (χ1n) is 8.59. The van der Waals surface area contributed by atoms with Crippen LogP contribution in [0.5, 0.6) is 0 Å². The Kier molecular flexibility index (Phi) is 7.68. The van der Waals surface area contributed by atoms with E-state index in [1.165, 1.54) is 0 Å². The maximum atomic E-state index is 12.9. The highest BCUT2D eigenvalue weighted by Crippen LogP contribution is 2.18. The standard InChI is InChI=1S/C19H27N3O4/c1-6-12(2)14(21-18(25)26-19(3,4)5)17(24)15(22-20)16(23)13-10-8-7-9-11-13/h7-12,14,16,23H,6H2,1-5H3,(H,21,25)/t12-,14-,16?/m0/s1. The molecule has 0 spiro atoms. The minimum Gasteiger partial charge on any atom is -0.444 e. The Morgan fingerprint density at radius 3 is 2.31 bits per heavy atom. The monoisotopic (exact) mass is 361 g/mol. The lowest BCUT2D eigenvalue weighted by atomic mass is 9.90. The third-order valence-electron chi connectivity index (χ3n) is 3.90. The predicted octanol–water partition coefficient (Wildman–Crippen LogP) is 2.90. The summed E-state index contributed by atoms with van der Waals surface area (Å²) in [4.78, 5) is 28.0. The highest BCUT2D eigenvalue weighted by Gasteiger charge is 2.39. The van der Waals surface area contributed by atoms with Crippen LogP contribution >= 0.6 is 0 Å². The van der Waals surface area contributed by atoms with Crippen molar-refractivity contribution < 1.29 is 24.2 Å². The highest BCUT2D eigenvalue weighted by atomic mass is 16.6. The Labute approximate surface area is 154 Å². The molecule has 0 aliphatic carbocycles. The fraction of sp³-hybridized carbons (Fsp3) is 0.526. The van der Waals surface area contributed by atoms with Crippen LogP contribution in [0.4, 0.5) is 4.79 Å². The third-order valence-corrected chi connectivity index (χ3v) is 3.90.